The van der Waals surface area contributed by atoms with Crippen molar-refractivity contribution in [3.63, 3.8) is 0 Å². The zero-order valence-electron chi connectivity index (χ0n) is 36.9. The summed E-state index contributed by atoms with van der Waals surface area (Å²) < 4.78 is 72.4. The molecule has 19 nitrogen and oxygen atoms in total. The lowest BCUT2D eigenvalue weighted by atomic mass is 9.85. The van der Waals surface area contributed by atoms with Gasteiger partial charge in [0, 0.05) is 77.9 Å². The number of halogens is 4. The van der Waals surface area contributed by atoms with E-state index in [2.05, 4.69) is 30.7 Å². The molecule has 11 rings (SSSR count). The van der Waals surface area contributed by atoms with Gasteiger partial charge in [-0.25, -0.2) is 36.8 Å². The quantitative estimate of drug-likeness (QED) is 0.154. The lowest BCUT2D eigenvalue weighted by Gasteiger charge is -2.47. The molecule has 2 bridgehead atoms. The van der Waals surface area contributed by atoms with Crippen LogP contribution in [0.3, 0.4) is 0 Å². The summed E-state index contributed by atoms with van der Waals surface area (Å²) >= 11 is 0. The first kappa shape index (κ1) is 43.6. The maximum absolute atomic E-state index is 16.1. The van der Waals surface area contributed by atoms with E-state index in [0.29, 0.717) is 113 Å². The molecule has 0 aromatic carbocycles. The van der Waals surface area contributed by atoms with Gasteiger partial charge in [0.1, 0.15) is 22.9 Å². The van der Waals surface area contributed by atoms with E-state index in [4.69, 9.17) is 9.72 Å². The number of hydrogen-bond donors (Lipinski definition) is 2. The van der Waals surface area contributed by atoms with Gasteiger partial charge in [0.25, 0.3) is 18.3 Å². The largest absolute Gasteiger partial charge is 0.374 e. The number of nitrogens with zero attached hydrogens (tertiary/aromatic N) is 12. The summed E-state index contributed by atoms with van der Waals surface area (Å²) in [7, 11) is 1.62. The number of imidazole rings is 1. The molecule has 4 atom stereocenters. The van der Waals surface area contributed by atoms with Crippen LogP contribution in [0.1, 0.15) is 85.9 Å². The zero-order chi connectivity index (χ0) is 46.3. The van der Waals surface area contributed by atoms with E-state index in [9.17, 15) is 28.0 Å². The predicted molar refractivity (Wildman–Crippen MR) is 235 cm³/mol. The lowest BCUT2D eigenvalue weighted by Crippen LogP contribution is -2.62. The normalized spacial score (nSPS) is 27.2. The van der Waals surface area contributed by atoms with Crippen molar-refractivity contribution in [2.75, 3.05) is 74.1 Å². The highest BCUT2D eigenvalue weighted by molar-refractivity contribution is 6.08. The molecule has 3 amide bonds. The highest BCUT2D eigenvalue weighted by Crippen LogP contribution is 2.39. The average molecular weight is 933 g/mol. The minimum atomic E-state index is -2.95. The molecular weight excluding hydrogens is 881 g/mol. The van der Waals surface area contributed by atoms with Gasteiger partial charge in [0.2, 0.25) is 11.8 Å². The number of morpholine rings is 1. The first-order chi connectivity index (χ1) is 32.3. The number of aryl methyl sites for hydroxylation is 1. The van der Waals surface area contributed by atoms with Crippen molar-refractivity contribution in [3.8, 4) is 0 Å². The molecule has 1 saturated carbocycles. The van der Waals surface area contributed by atoms with Crippen LogP contribution in [-0.2, 0) is 21.4 Å². The number of pyridine rings is 1. The summed E-state index contributed by atoms with van der Waals surface area (Å²) in [4.78, 5) is 68.7. The van der Waals surface area contributed by atoms with Crippen LogP contribution in [0.5, 0.6) is 0 Å². The molecule has 0 radical (unpaired) electrons. The highest BCUT2D eigenvalue weighted by atomic mass is 19.3. The Bertz CT molecular complexity index is 2790. The Balaban J connectivity index is 0.684. The molecule has 1 unspecified atom stereocenters. The number of piperidine rings is 2. The molecule has 5 saturated heterocycles. The molecule has 10 heterocycles. The fourth-order valence-corrected chi connectivity index (χ4v) is 11.5. The average Bonchev–Trinajstić information content (AvgIpc) is 4.17. The summed E-state index contributed by atoms with van der Waals surface area (Å²) in [6.45, 7) is 3.61. The maximum Gasteiger partial charge on any atom is 0.329 e. The van der Waals surface area contributed by atoms with Gasteiger partial charge in [-0.1, -0.05) is 0 Å². The smallest absolute Gasteiger partial charge is 0.329 e. The van der Waals surface area contributed by atoms with E-state index >= 15 is 8.78 Å². The molecule has 5 aromatic rings. The first-order valence-electron chi connectivity index (χ1n) is 23.2. The Labute approximate surface area is 381 Å². The van der Waals surface area contributed by atoms with Gasteiger partial charge < -0.3 is 19.9 Å². The van der Waals surface area contributed by atoms with Crippen molar-refractivity contribution >= 4 is 51.7 Å². The molecule has 0 spiro atoms. The SMILES string of the molecule is Cn1c(=O)n(C2CCC(=O)NC2=O)c2ccnc(N3CCN([C@@H]4CCN(CC5CCC(n6cc(NC(=O)c7cnn8ccc(N9C[C@H]%10C[C@@H]9CO%10)nc78)c(C(F)F)n6)CC5)CC4(F)F)CC3)c21. The van der Waals surface area contributed by atoms with Crippen LogP contribution in [0.2, 0.25) is 0 Å². The Morgan fingerprint density at radius 1 is 1.01 bits per heavy atom. The number of ether oxygens (including phenoxy) is 1. The van der Waals surface area contributed by atoms with Crippen molar-refractivity contribution in [2.45, 2.75) is 94.0 Å². The molecule has 23 heteroatoms. The molecule has 5 aliphatic heterocycles. The van der Waals surface area contributed by atoms with E-state index in [-0.39, 0.29) is 60.6 Å². The van der Waals surface area contributed by atoms with E-state index in [0.717, 1.165) is 6.42 Å². The molecule has 356 valence electrons. The standard InChI is InChI=1S/C44H52F4N14O5/c1-55-37-31(62(43(55)66)32-6-7-35(63)53-42(32)65)8-11-49-40(37)58-16-14-57(15-17-58)33-9-12-56(24-44(33,47)48)20-25-2-4-26(5-3-25)61-22-30(36(54-61)38(45)46)51-41(64)29-19-50-60-13-10-34(52-39(29)60)59-21-28-18-27(59)23-67-28/h8,10-11,13,19,22,25-28,32-33,38H,2-7,9,12,14-18,20-21,23-24H2,1H3,(H,51,64)(H,53,63,65)/t25?,26?,27-,28-,32?,33-/m1/s1. The number of likely N-dealkylation sites (tertiary alicyclic amines) is 1. The monoisotopic (exact) mass is 932 g/mol. The van der Waals surface area contributed by atoms with E-state index in [1.165, 1.54) is 30.7 Å². The summed E-state index contributed by atoms with van der Waals surface area (Å²) in [6, 6.07) is 1.77. The summed E-state index contributed by atoms with van der Waals surface area (Å²) in [6.07, 6.45) is 7.59. The highest BCUT2D eigenvalue weighted by Gasteiger charge is 2.48. The van der Waals surface area contributed by atoms with Gasteiger partial charge >= 0.3 is 5.69 Å². The van der Waals surface area contributed by atoms with Crippen molar-refractivity contribution < 1.29 is 36.7 Å². The molecule has 1 aliphatic carbocycles. The number of piperazine rings is 1. The third-order valence-electron chi connectivity index (χ3n) is 14.9. The fraction of sp³-hybridized carbons (Fsp3) is 0.591. The number of imide groups is 1. The van der Waals surface area contributed by atoms with Crippen LogP contribution < -0.4 is 26.1 Å². The van der Waals surface area contributed by atoms with Gasteiger partial charge in [-0.2, -0.15) is 10.2 Å². The van der Waals surface area contributed by atoms with E-state index < -0.39 is 47.6 Å². The van der Waals surface area contributed by atoms with Crippen LogP contribution >= 0.6 is 0 Å². The van der Waals surface area contributed by atoms with Gasteiger partial charge in [0.15, 0.2) is 17.2 Å². The van der Waals surface area contributed by atoms with Crippen LogP contribution in [0.15, 0.2) is 41.7 Å². The number of carbonyl (C=O) groups excluding carboxylic acids is 3. The molecule has 6 fully saturated rings. The molecule has 2 N–H and O–H groups in total. The van der Waals surface area contributed by atoms with Crippen molar-refractivity contribution in [1.82, 2.24) is 53.6 Å². The second-order valence-corrected chi connectivity index (χ2v) is 19.0. The van der Waals surface area contributed by atoms with E-state index in [1.54, 1.807) is 25.5 Å². The van der Waals surface area contributed by atoms with Crippen LogP contribution in [0, 0.1) is 5.92 Å². The number of amides is 3. The number of rotatable bonds is 10. The van der Waals surface area contributed by atoms with Crippen LogP contribution in [0.25, 0.3) is 16.7 Å². The van der Waals surface area contributed by atoms with Gasteiger partial charge in [-0.05, 0) is 63.0 Å². The number of aromatic nitrogens is 8. The Hall–Kier alpha value is -5.94. The van der Waals surface area contributed by atoms with E-state index in [1.807, 2.05) is 20.8 Å². The minimum Gasteiger partial charge on any atom is -0.374 e. The second-order valence-electron chi connectivity index (χ2n) is 19.0. The number of anilines is 3. The maximum atomic E-state index is 16.1. The summed E-state index contributed by atoms with van der Waals surface area (Å²) in [5, 5.41) is 13.5. The Morgan fingerprint density at radius 3 is 2.54 bits per heavy atom. The third-order valence-corrected chi connectivity index (χ3v) is 14.9. The molecular formula is C44H52F4N14O5. The van der Waals surface area contributed by atoms with Crippen molar-refractivity contribution in [1.29, 1.82) is 0 Å². The molecule has 5 aromatic heterocycles. The first-order valence-corrected chi connectivity index (χ1v) is 23.2. The van der Waals surface area contributed by atoms with Crippen molar-refractivity contribution in [2.24, 2.45) is 13.0 Å². The topological polar surface area (TPSA) is 185 Å². The van der Waals surface area contributed by atoms with Crippen LogP contribution in [0.4, 0.5) is 34.9 Å². The van der Waals surface area contributed by atoms with Crippen molar-refractivity contribution in [3.05, 3.63) is 58.7 Å². The molecule has 6 aliphatic rings. The van der Waals surface area contributed by atoms with Gasteiger partial charge in [0.05, 0.1) is 54.8 Å². The number of fused-ring (bicyclic) bond motifs is 4. The minimum absolute atomic E-state index is 0.0825. The number of nitrogens with one attached hydrogen (secondary N) is 2. The number of hydrogen-bond acceptors (Lipinski definition) is 13. The van der Waals surface area contributed by atoms with Crippen LogP contribution in [-0.4, -0.2) is 149 Å². The number of carbonyl (C=O) groups is 3. The predicted octanol–water partition coefficient (Wildman–Crippen LogP) is 3.38. The lowest BCUT2D eigenvalue weighted by molar-refractivity contribution is -0.135. The summed E-state index contributed by atoms with van der Waals surface area (Å²) in [5.41, 5.74) is 0.512. The van der Waals surface area contributed by atoms with Gasteiger partial charge in [-0.3, -0.25) is 43.3 Å². The second kappa shape index (κ2) is 17.0. The molecule has 67 heavy (non-hydrogen) atoms. The zero-order valence-corrected chi connectivity index (χ0v) is 36.9. The fourth-order valence-electron chi connectivity index (χ4n) is 11.5. The Kier molecular flexibility index (Phi) is 11.1. The van der Waals surface area contributed by atoms with Gasteiger partial charge in [-0.15, -0.1) is 0 Å². The Morgan fingerprint density at radius 2 is 1.82 bits per heavy atom. The third kappa shape index (κ3) is 7.90. The number of alkyl halides is 4. The summed E-state index contributed by atoms with van der Waals surface area (Å²) in [5.74, 6) is -3.08.